The highest BCUT2D eigenvalue weighted by Crippen LogP contribution is 2.62. The average molecular weight is 1430 g/mol. The van der Waals surface area contributed by atoms with E-state index in [4.69, 9.17) is 33.9 Å². The van der Waals surface area contributed by atoms with Crippen LogP contribution in [0.3, 0.4) is 0 Å². The van der Waals surface area contributed by atoms with E-state index < -0.39 is 17.8 Å². The highest BCUT2D eigenvalue weighted by molar-refractivity contribution is 7.99. The molecule has 0 spiro atoms. The van der Waals surface area contributed by atoms with Crippen molar-refractivity contribution in [3.63, 3.8) is 0 Å². The molecule has 4 fully saturated rings. The first-order valence-corrected chi connectivity index (χ1v) is 38.1. The summed E-state index contributed by atoms with van der Waals surface area (Å²) in [5.41, 5.74) is 11.9. The molecule has 0 saturated heterocycles. The largest absolute Gasteiger partial charge is 0.496 e. The van der Waals surface area contributed by atoms with E-state index >= 15 is 0 Å². The summed E-state index contributed by atoms with van der Waals surface area (Å²) < 4.78 is 40.6. The maximum absolute atomic E-state index is 13.8. The van der Waals surface area contributed by atoms with Crippen LogP contribution in [0, 0.1) is 42.3 Å². The molecule has 1 aliphatic heterocycles. The first-order valence-electron chi connectivity index (χ1n) is 36.3. The SMILES string of the molecule is CCCCCCCCc1ccc(-c2ccc(C(=O)O)cc2)cc1.CCCCOCCOc1nc(-c2ccc(C(=O)O)c(F)c2)sc1C.CCOC(=O)c1ccc(C#Cc2ccc3c(c2)C(C)(C)CCS3)nc1.COc1ccc(-c2ccc3cc(OC=O)ccc3c2)cc1C12CC3CC(CC(C3)C1)C2. The van der Waals surface area contributed by atoms with Crippen molar-refractivity contribution < 1.29 is 57.5 Å². The Balaban J connectivity index is 0.000000149. The number of unbranched alkanes of at least 4 members (excludes halogenated alkanes) is 6. The number of rotatable bonds is 25. The second kappa shape index (κ2) is 36.8. The van der Waals surface area contributed by atoms with Crippen LogP contribution >= 0.6 is 23.1 Å². The molecule has 4 aliphatic carbocycles. The van der Waals surface area contributed by atoms with Crippen molar-refractivity contribution in [2.75, 3.05) is 39.3 Å². The van der Waals surface area contributed by atoms with Crippen molar-refractivity contribution in [3.8, 4) is 62.0 Å². The van der Waals surface area contributed by atoms with Crippen LogP contribution in [-0.4, -0.2) is 83.9 Å². The number of ether oxygens (including phenoxy) is 5. The molecule has 0 radical (unpaired) electrons. The van der Waals surface area contributed by atoms with Crippen LogP contribution in [0.25, 0.3) is 43.6 Å². The summed E-state index contributed by atoms with van der Waals surface area (Å²) in [6, 6.07) is 48.5. The topological polar surface area (TPSA) is 181 Å². The third kappa shape index (κ3) is 20.6. The van der Waals surface area contributed by atoms with Crippen LogP contribution < -0.4 is 14.2 Å². The lowest BCUT2D eigenvalue weighted by atomic mass is 9.48. The highest BCUT2D eigenvalue weighted by Gasteiger charge is 2.52. The molecule has 103 heavy (non-hydrogen) atoms. The van der Waals surface area contributed by atoms with E-state index in [-0.39, 0.29) is 16.9 Å². The molecule has 2 N–H and O–H groups in total. The number of thioether (sulfide) groups is 1. The quantitative estimate of drug-likeness (QED) is 0.0239. The van der Waals surface area contributed by atoms with E-state index in [1.807, 2.05) is 56.1 Å². The molecule has 0 unspecified atom stereocenters. The molecule has 4 saturated carbocycles. The normalized spacial score (nSPS) is 17.1. The first-order chi connectivity index (χ1) is 49.9. The number of hydrogen-bond donors (Lipinski definition) is 2. The van der Waals surface area contributed by atoms with Gasteiger partial charge in [-0.1, -0.05) is 139 Å². The molecule has 14 rings (SSSR count). The van der Waals surface area contributed by atoms with Gasteiger partial charge in [0.1, 0.15) is 34.6 Å². The number of thiazole rings is 1. The van der Waals surface area contributed by atoms with Crippen LogP contribution in [0.4, 0.5) is 4.39 Å². The Morgan fingerprint density at radius 3 is 1.96 bits per heavy atom. The zero-order valence-corrected chi connectivity index (χ0v) is 62.0. The Morgan fingerprint density at radius 1 is 0.650 bits per heavy atom. The van der Waals surface area contributed by atoms with Crippen molar-refractivity contribution >= 4 is 58.3 Å². The van der Waals surface area contributed by atoms with Gasteiger partial charge in [-0.3, -0.25) is 4.79 Å². The van der Waals surface area contributed by atoms with Crippen LogP contribution in [0.15, 0.2) is 163 Å². The molecule has 5 aliphatic rings. The van der Waals surface area contributed by atoms with E-state index in [0.717, 1.165) is 81.7 Å². The van der Waals surface area contributed by atoms with Gasteiger partial charge in [-0.25, -0.2) is 28.7 Å². The van der Waals surface area contributed by atoms with E-state index in [2.05, 4.69) is 128 Å². The lowest BCUT2D eigenvalue weighted by molar-refractivity contribution is -0.120. The Hall–Kier alpha value is -9.14. The predicted molar refractivity (Wildman–Crippen MR) is 410 cm³/mol. The smallest absolute Gasteiger partial charge is 0.339 e. The predicted octanol–water partition coefficient (Wildman–Crippen LogP) is 21.1. The molecular formula is C87H95FN2O11S2. The van der Waals surface area contributed by atoms with E-state index in [1.165, 1.54) is 152 Å². The summed E-state index contributed by atoms with van der Waals surface area (Å²) >= 11 is 3.29. The molecule has 9 aromatic rings. The van der Waals surface area contributed by atoms with E-state index in [1.54, 1.807) is 37.3 Å². The monoisotopic (exact) mass is 1430 g/mol. The van der Waals surface area contributed by atoms with Gasteiger partial charge in [-0.15, -0.1) is 23.1 Å². The summed E-state index contributed by atoms with van der Waals surface area (Å²) in [4.78, 5) is 54.8. The summed E-state index contributed by atoms with van der Waals surface area (Å²) in [7, 11) is 1.81. The van der Waals surface area contributed by atoms with Crippen LogP contribution in [0.1, 0.15) is 195 Å². The summed E-state index contributed by atoms with van der Waals surface area (Å²) in [5, 5.41) is 20.6. The Morgan fingerprint density at radius 2 is 1.30 bits per heavy atom. The molecule has 16 heteroatoms. The molecule has 13 nitrogen and oxygen atoms in total. The number of halogens is 1. The number of pyridine rings is 1. The lowest BCUT2D eigenvalue weighted by Gasteiger charge is -2.57. The fourth-order valence-corrected chi connectivity index (χ4v) is 17.2. The van der Waals surface area contributed by atoms with Crippen LogP contribution in [0.5, 0.6) is 17.4 Å². The second-order valence-electron chi connectivity index (χ2n) is 27.9. The number of aryl methyl sites for hydroxylation is 2. The van der Waals surface area contributed by atoms with Crippen molar-refractivity contribution in [2.45, 2.75) is 160 Å². The maximum Gasteiger partial charge on any atom is 0.339 e. The minimum atomic E-state index is -1.29. The number of carbonyl (C=O) groups excluding carboxylic acids is 2. The van der Waals surface area contributed by atoms with Crippen molar-refractivity contribution in [1.82, 2.24) is 9.97 Å². The minimum absolute atomic E-state index is 0.192. The van der Waals surface area contributed by atoms with Gasteiger partial charge in [0.25, 0.3) is 6.47 Å². The van der Waals surface area contributed by atoms with Crippen molar-refractivity contribution in [3.05, 3.63) is 213 Å². The number of nitrogens with zero attached hydrogens (tertiary/aromatic N) is 2. The Labute approximate surface area is 614 Å². The summed E-state index contributed by atoms with van der Waals surface area (Å²) in [5.74, 6) is 8.96. The summed E-state index contributed by atoms with van der Waals surface area (Å²) in [6.45, 7) is 15.0. The average Bonchev–Trinajstić information content (AvgIpc) is 1.21. The fourth-order valence-electron chi connectivity index (χ4n) is 14.8. The fraction of sp³-hybridized carbons (Fsp3) is 0.379. The number of methoxy groups -OCH3 is 1. The van der Waals surface area contributed by atoms with Gasteiger partial charge in [0.2, 0.25) is 5.88 Å². The van der Waals surface area contributed by atoms with Crippen molar-refractivity contribution in [2.24, 2.45) is 17.8 Å². The number of aromatic nitrogens is 2. The van der Waals surface area contributed by atoms with Crippen molar-refractivity contribution in [1.29, 1.82) is 0 Å². The third-order valence-corrected chi connectivity index (χ3v) is 22.1. The number of carbonyl (C=O) groups is 4. The van der Waals surface area contributed by atoms with Gasteiger partial charge < -0.3 is 33.9 Å². The van der Waals surface area contributed by atoms with Crippen LogP contribution in [0.2, 0.25) is 0 Å². The number of aromatic carboxylic acids is 2. The lowest BCUT2D eigenvalue weighted by Crippen LogP contribution is -2.48. The maximum atomic E-state index is 13.8. The zero-order chi connectivity index (χ0) is 72.9. The molecular weight excluding hydrogens is 1330 g/mol. The van der Waals surface area contributed by atoms with Gasteiger partial charge >= 0.3 is 17.9 Å². The van der Waals surface area contributed by atoms with Gasteiger partial charge in [0, 0.05) is 34.4 Å². The summed E-state index contributed by atoms with van der Waals surface area (Å²) in [6.07, 6.45) is 22.2. The van der Waals surface area contributed by atoms with Gasteiger partial charge in [-0.2, -0.15) is 0 Å². The first kappa shape index (κ1) is 76.5. The minimum Gasteiger partial charge on any atom is -0.496 e. The second-order valence-corrected chi connectivity index (χ2v) is 30.3. The number of hydrogen-bond acceptors (Lipinski definition) is 13. The molecule has 4 bridgehead atoms. The highest BCUT2D eigenvalue weighted by atomic mass is 32.2. The molecule has 538 valence electrons. The van der Waals surface area contributed by atoms with Gasteiger partial charge in [0.05, 0.1) is 41.9 Å². The standard InChI is InChI=1S/C28H28O3.C21H21NO2S.C21H26O2.C17H20FNO4S/c1-30-27-7-5-24(21-2-3-23-12-25(31-17-29)6-4-22(23)11-21)13-26(27)28-14-18-8-19(15-28)10-20(9-18)16-28;1-4-24-20(23)16-7-9-17(22-14-16)8-5-15-6-10-19-18(13-15)21(2,3)11-12-25-19;1-2-3-4-5-6-7-8-17-9-11-18(12-10-17)19-13-15-20(16-14-19)21(22)23;1-3-4-7-22-8-9-23-15-11(2)24-16(19-15)12-5-6-13(17(20)21)14(18)10-12/h2-7,11-13,17-20H,8-10,14-16H2,1H3;6-7,9-10,13-14H,4,11-12H2,1-3H3;9-16H,2-8H2,1H3,(H,22,23);5-6,10H,3-4,7-9H2,1-2H3,(H,20,21). The number of fused-ring (bicyclic) bond motifs is 2. The van der Waals surface area contributed by atoms with Gasteiger partial charge in [0.15, 0.2) is 0 Å². The van der Waals surface area contributed by atoms with E-state index in [9.17, 15) is 23.6 Å². The number of carboxylic acid groups (broad SMARTS) is 2. The van der Waals surface area contributed by atoms with Crippen LogP contribution in [-0.2, 0) is 31.5 Å². The molecule has 0 atom stereocenters. The Kier molecular flexibility index (Phi) is 27.4. The molecule has 2 aromatic heterocycles. The number of benzene rings is 7. The number of esters is 1. The zero-order valence-electron chi connectivity index (χ0n) is 60.3. The number of carboxylic acids is 2. The Bertz CT molecular complexity index is 4390. The molecule has 7 aromatic carbocycles. The molecule has 0 amide bonds. The third-order valence-electron chi connectivity index (χ3n) is 20.0. The molecule has 3 heterocycles. The van der Waals surface area contributed by atoms with E-state index in [0.29, 0.717) is 70.7 Å². The van der Waals surface area contributed by atoms with Gasteiger partial charge in [-0.05, 0) is 247 Å².